The Kier molecular flexibility index (Phi) is 4.86. The number of halogens is 3. The van der Waals surface area contributed by atoms with Crippen molar-refractivity contribution in [1.29, 1.82) is 0 Å². The molecule has 0 radical (unpaired) electrons. The van der Waals surface area contributed by atoms with Gasteiger partial charge >= 0.3 is 6.18 Å². The summed E-state index contributed by atoms with van der Waals surface area (Å²) in [5, 5.41) is 3.27. The van der Waals surface area contributed by atoms with Crippen LogP contribution in [0.5, 0.6) is 0 Å². The number of nitrogens with zero attached hydrogens (tertiary/aromatic N) is 1. The average molecular weight is 213 g/mol. The maximum atomic E-state index is 11.7. The molecule has 1 amide bonds. The van der Waals surface area contributed by atoms with Crippen LogP contribution in [-0.2, 0) is 4.79 Å². The van der Waals surface area contributed by atoms with E-state index in [0.717, 1.165) is 0 Å². The highest BCUT2D eigenvalue weighted by Gasteiger charge is 2.28. The molecule has 7 heteroatoms. The molecule has 0 aliphatic heterocycles. The summed E-state index contributed by atoms with van der Waals surface area (Å²) in [7, 11) is 3.29. The van der Waals surface area contributed by atoms with E-state index < -0.39 is 24.7 Å². The van der Waals surface area contributed by atoms with E-state index in [0.29, 0.717) is 0 Å². The van der Waals surface area contributed by atoms with Gasteiger partial charge in [0.15, 0.2) is 0 Å². The number of nitrogens with one attached hydrogen (secondary N) is 2. The van der Waals surface area contributed by atoms with E-state index in [-0.39, 0.29) is 0 Å². The lowest BCUT2D eigenvalue weighted by atomic mass is 10.3. The van der Waals surface area contributed by atoms with Gasteiger partial charge in [0.2, 0.25) is 5.91 Å². The van der Waals surface area contributed by atoms with E-state index in [9.17, 15) is 18.0 Å². The first-order valence-corrected chi connectivity index (χ1v) is 4.00. The Morgan fingerprint density at radius 2 is 1.93 bits per heavy atom. The summed E-state index contributed by atoms with van der Waals surface area (Å²) in [6.07, 6.45) is -4.37. The van der Waals surface area contributed by atoms with Crippen LogP contribution in [0.4, 0.5) is 13.2 Å². The first kappa shape index (κ1) is 13.2. The SMILES string of the molecule is CC(NN(C)C)C(=O)NCC(F)(F)F. The third kappa shape index (κ3) is 6.67. The zero-order chi connectivity index (χ0) is 11.4. The Morgan fingerprint density at radius 1 is 1.43 bits per heavy atom. The average Bonchev–Trinajstić information content (AvgIpc) is 1.97. The molecule has 0 saturated carbocycles. The van der Waals surface area contributed by atoms with Crippen molar-refractivity contribution < 1.29 is 18.0 Å². The fourth-order valence-electron chi connectivity index (χ4n) is 0.786. The van der Waals surface area contributed by atoms with E-state index in [1.807, 2.05) is 0 Å². The van der Waals surface area contributed by atoms with Gasteiger partial charge < -0.3 is 5.32 Å². The molecule has 0 spiro atoms. The van der Waals surface area contributed by atoms with Gasteiger partial charge in [-0.3, -0.25) is 4.79 Å². The zero-order valence-electron chi connectivity index (χ0n) is 8.27. The van der Waals surface area contributed by atoms with Crippen LogP contribution in [0.1, 0.15) is 6.92 Å². The number of rotatable bonds is 4. The highest BCUT2D eigenvalue weighted by Crippen LogP contribution is 2.12. The minimum absolute atomic E-state index is 0.684. The summed E-state index contributed by atoms with van der Waals surface area (Å²) in [5.41, 5.74) is 2.63. The maximum absolute atomic E-state index is 11.7. The predicted octanol–water partition coefficient (Wildman–Crippen LogP) is 0.120. The lowest BCUT2D eigenvalue weighted by Gasteiger charge is -2.19. The molecule has 14 heavy (non-hydrogen) atoms. The molecular formula is C7H14F3N3O. The summed E-state index contributed by atoms with van der Waals surface area (Å²) in [6, 6.07) is -0.688. The van der Waals surface area contributed by atoms with Crippen molar-refractivity contribution >= 4 is 5.91 Å². The summed E-state index contributed by atoms with van der Waals surface area (Å²) < 4.78 is 35.1. The lowest BCUT2D eigenvalue weighted by Crippen LogP contribution is -2.49. The molecule has 0 bridgehead atoms. The third-order valence-corrected chi connectivity index (χ3v) is 1.31. The Hall–Kier alpha value is -0.820. The van der Waals surface area contributed by atoms with Gasteiger partial charge in [-0.15, -0.1) is 0 Å². The standard InChI is InChI=1S/C7H14F3N3O/c1-5(12-13(2)3)6(14)11-4-7(8,9)10/h5,12H,4H2,1-3H3,(H,11,14). The molecule has 0 rings (SSSR count). The lowest BCUT2D eigenvalue weighted by molar-refractivity contribution is -0.140. The highest BCUT2D eigenvalue weighted by molar-refractivity contribution is 5.81. The molecule has 0 saturated heterocycles. The predicted molar refractivity (Wildman–Crippen MR) is 45.3 cm³/mol. The van der Waals surface area contributed by atoms with Crippen LogP contribution in [-0.4, -0.2) is 43.8 Å². The largest absolute Gasteiger partial charge is 0.405 e. The van der Waals surface area contributed by atoms with Crippen LogP contribution in [0.15, 0.2) is 0 Å². The summed E-state index contributed by atoms with van der Waals surface area (Å²) in [5.74, 6) is -0.684. The maximum Gasteiger partial charge on any atom is 0.405 e. The van der Waals surface area contributed by atoms with Gasteiger partial charge in [-0.05, 0) is 6.92 Å². The number of carbonyl (C=O) groups is 1. The molecule has 1 atom stereocenters. The molecule has 0 heterocycles. The number of hydrazine groups is 1. The van der Waals surface area contributed by atoms with E-state index in [1.165, 1.54) is 11.9 Å². The number of carbonyl (C=O) groups excluding carboxylic acids is 1. The normalized spacial score (nSPS) is 14.2. The van der Waals surface area contributed by atoms with Crippen molar-refractivity contribution in [3.05, 3.63) is 0 Å². The van der Waals surface area contributed by atoms with Crippen LogP contribution in [0, 0.1) is 0 Å². The van der Waals surface area contributed by atoms with Crippen molar-refractivity contribution in [2.75, 3.05) is 20.6 Å². The van der Waals surface area contributed by atoms with E-state index in [4.69, 9.17) is 0 Å². The summed E-state index contributed by atoms with van der Waals surface area (Å²) >= 11 is 0. The molecule has 84 valence electrons. The van der Waals surface area contributed by atoms with Crippen LogP contribution >= 0.6 is 0 Å². The van der Waals surface area contributed by atoms with Crippen LogP contribution < -0.4 is 10.7 Å². The summed E-state index contributed by atoms with van der Waals surface area (Å²) in [4.78, 5) is 11.0. The Bertz CT molecular complexity index is 193. The quantitative estimate of drug-likeness (QED) is 0.652. The summed E-state index contributed by atoms with van der Waals surface area (Å²) in [6.45, 7) is 0.178. The zero-order valence-corrected chi connectivity index (χ0v) is 8.27. The first-order chi connectivity index (χ1) is 6.22. The molecule has 0 aliphatic carbocycles. The van der Waals surface area contributed by atoms with E-state index >= 15 is 0 Å². The highest BCUT2D eigenvalue weighted by atomic mass is 19.4. The van der Waals surface area contributed by atoms with E-state index in [2.05, 4.69) is 5.43 Å². The number of hydrogen-bond acceptors (Lipinski definition) is 3. The molecular weight excluding hydrogens is 199 g/mol. The number of alkyl halides is 3. The van der Waals surface area contributed by atoms with E-state index in [1.54, 1.807) is 19.4 Å². The molecule has 0 aromatic rings. The number of amides is 1. The molecule has 0 aromatic carbocycles. The number of hydrogen-bond donors (Lipinski definition) is 2. The molecule has 0 fully saturated rings. The third-order valence-electron chi connectivity index (χ3n) is 1.31. The van der Waals surface area contributed by atoms with Gasteiger partial charge in [0.25, 0.3) is 0 Å². The van der Waals surface area contributed by atoms with Gasteiger partial charge in [0.05, 0.1) is 6.04 Å². The monoisotopic (exact) mass is 213 g/mol. The topological polar surface area (TPSA) is 44.4 Å². The van der Waals surface area contributed by atoms with Gasteiger partial charge in [0, 0.05) is 14.1 Å². The molecule has 0 aliphatic rings. The van der Waals surface area contributed by atoms with Crippen LogP contribution in [0.3, 0.4) is 0 Å². The van der Waals surface area contributed by atoms with Gasteiger partial charge in [-0.2, -0.15) is 13.2 Å². The molecule has 0 aromatic heterocycles. The smallest absolute Gasteiger partial charge is 0.346 e. The van der Waals surface area contributed by atoms with Crippen molar-refractivity contribution in [1.82, 2.24) is 15.8 Å². The second kappa shape index (κ2) is 5.16. The molecule has 1 unspecified atom stereocenters. The van der Waals surface area contributed by atoms with Crippen molar-refractivity contribution in [2.45, 2.75) is 19.1 Å². The Labute approximate surface area is 80.4 Å². The van der Waals surface area contributed by atoms with Crippen molar-refractivity contribution in [2.24, 2.45) is 0 Å². The fraction of sp³-hybridized carbons (Fsp3) is 0.857. The van der Waals surface area contributed by atoms with Gasteiger partial charge in [-0.25, -0.2) is 10.4 Å². The van der Waals surface area contributed by atoms with Crippen LogP contribution in [0.2, 0.25) is 0 Å². The Morgan fingerprint density at radius 3 is 2.29 bits per heavy atom. The van der Waals surface area contributed by atoms with Crippen molar-refractivity contribution in [3.63, 3.8) is 0 Å². The minimum Gasteiger partial charge on any atom is -0.346 e. The Balaban J connectivity index is 3.85. The van der Waals surface area contributed by atoms with Crippen LogP contribution in [0.25, 0.3) is 0 Å². The van der Waals surface area contributed by atoms with Crippen molar-refractivity contribution in [3.8, 4) is 0 Å². The second-order valence-corrected chi connectivity index (χ2v) is 3.08. The van der Waals surface area contributed by atoms with Gasteiger partial charge in [-0.1, -0.05) is 0 Å². The minimum atomic E-state index is -4.37. The second-order valence-electron chi connectivity index (χ2n) is 3.08. The van der Waals surface area contributed by atoms with Gasteiger partial charge in [0.1, 0.15) is 6.54 Å². The molecule has 2 N–H and O–H groups in total. The molecule has 4 nitrogen and oxygen atoms in total. The fourth-order valence-corrected chi connectivity index (χ4v) is 0.786. The first-order valence-electron chi connectivity index (χ1n) is 4.00.